The van der Waals surface area contributed by atoms with Crippen molar-refractivity contribution in [2.45, 2.75) is 30.9 Å². The summed E-state index contributed by atoms with van der Waals surface area (Å²) >= 11 is 19.6. The van der Waals surface area contributed by atoms with Gasteiger partial charge in [0.05, 0.1) is 6.61 Å². The topological polar surface area (TPSA) is 92.2 Å². The molecule has 1 heterocycles. The summed E-state index contributed by atoms with van der Waals surface area (Å²) in [5, 5.41) is 10.2. The number of nitrogens with one attached hydrogen (secondary N) is 2. The number of carbonyl (C=O) groups excluding carboxylic acids is 1. The first-order valence-electron chi connectivity index (χ1n) is 14.4. The van der Waals surface area contributed by atoms with E-state index >= 15 is 0 Å². The zero-order valence-corrected chi connectivity index (χ0v) is 28.8. The van der Waals surface area contributed by atoms with Gasteiger partial charge in [0, 0.05) is 50.5 Å². The van der Waals surface area contributed by atoms with Crippen LogP contribution in [0.2, 0.25) is 10.0 Å². The van der Waals surface area contributed by atoms with Crippen molar-refractivity contribution in [2.24, 2.45) is 4.99 Å². The van der Waals surface area contributed by atoms with Gasteiger partial charge in [-0.2, -0.15) is 0 Å². The average Bonchev–Trinajstić information content (AvgIpc) is 3.42. The molecule has 11 heteroatoms. The molecule has 45 heavy (non-hydrogen) atoms. The molecule has 0 radical (unpaired) electrons. The van der Waals surface area contributed by atoms with Crippen molar-refractivity contribution in [2.75, 3.05) is 19.8 Å². The minimum Gasteiger partial charge on any atom is -0.494 e. The van der Waals surface area contributed by atoms with Crippen LogP contribution in [0.25, 0.3) is 0 Å². The lowest BCUT2D eigenvalue weighted by Gasteiger charge is -2.31. The van der Waals surface area contributed by atoms with E-state index in [1.165, 1.54) is 0 Å². The van der Waals surface area contributed by atoms with E-state index in [-0.39, 0.29) is 18.9 Å². The number of rotatable bonds is 13. The predicted molar refractivity (Wildman–Crippen MR) is 185 cm³/mol. The van der Waals surface area contributed by atoms with Crippen LogP contribution in [0.15, 0.2) is 105 Å². The molecule has 4 aromatic carbocycles. The number of amides is 1. The van der Waals surface area contributed by atoms with Gasteiger partial charge in [-0.1, -0.05) is 91.5 Å². The van der Waals surface area contributed by atoms with Crippen molar-refractivity contribution in [3.8, 4) is 5.75 Å². The van der Waals surface area contributed by atoms with E-state index in [0.29, 0.717) is 53.2 Å². The molecule has 0 spiro atoms. The van der Waals surface area contributed by atoms with Crippen molar-refractivity contribution in [3.05, 3.63) is 132 Å². The SMILES string of the molecule is O=C(NNCCc1ccc(Cl)cc1Cl)[C@@]1(Cc2ccccc2Br)N=C(c2ccc(OCCCO)cc2)O[C@H]1c1ccc(Br)cc1. The van der Waals surface area contributed by atoms with Crippen LogP contribution in [0.3, 0.4) is 0 Å². The summed E-state index contributed by atoms with van der Waals surface area (Å²) in [6.45, 7) is 0.896. The van der Waals surface area contributed by atoms with Crippen LogP contribution in [0, 0.1) is 0 Å². The lowest BCUT2D eigenvalue weighted by molar-refractivity contribution is -0.130. The molecule has 234 valence electrons. The Kier molecular flexibility index (Phi) is 11.6. The second-order valence-electron chi connectivity index (χ2n) is 10.5. The number of halogens is 4. The quantitative estimate of drug-likeness (QED) is 0.0960. The number of ether oxygens (including phenoxy) is 2. The summed E-state index contributed by atoms with van der Waals surface area (Å²) in [7, 11) is 0. The Morgan fingerprint density at radius 2 is 1.73 bits per heavy atom. The fraction of sp³-hybridized carbons (Fsp3) is 0.235. The second-order valence-corrected chi connectivity index (χ2v) is 13.1. The number of carbonyl (C=O) groups is 1. The van der Waals surface area contributed by atoms with Gasteiger partial charge < -0.3 is 14.6 Å². The number of hydrazine groups is 1. The van der Waals surface area contributed by atoms with E-state index in [9.17, 15) is 4.79 Å². The van der Waals surface area contributed by atoms with E-state index in [1.807, 2.05) is 78.9 Å². The Labute approximate surface area is 289 Å². The van der Waals surface area contributed by atoms with Crippen LogP contribution >= 0.6 is 55.1 Å². The maximum Gasteiger partial charge on any atom is 0.266 e. The monoisotopic (exact) mass is 773 g/mol. The van der Waals surface area contributed by atoms with Crippen LogP contribution in [-0.4, -0.2) is 42.2 Å². The molecule has 1 aliphatic heterocycles. The summed E-state index contributed by atoms with van der Waals surface area (Å²) in [5.41, 5.74) is 7.95. The smallest absolute Gasteiger partial charge is 0.266 e. The first kappa shape index (κ1) is 33.4. The second kappa shape index (κ2) is 15.6. The van der Waals surface area contributed by atoms with Crippen molar-refractivity contribution in [1.82, 2.24) is 10.9 Å². The third-order valence-electron chi connectivity index (χ3n) is 7.36. The number of hydrogen-bond donors (Lipinski definition) is 3. The van der Waals surface area contributed by atoms with Crippen LogP contribution in [-0.2, 0) is 22.4 Å². The molecule has 3 N–H and O–H groups in total. The first-order valence-corrected chi connectivity index (χ1v) is 16.7. The van der Waals surface area contributed by atoms with Crippen LogP contribution < -0.4 is 15.6 Å². The van der Waals surface area contributed by atoms with Crippen molar-refractivity contribution in [3.63, 3.8) is 0 Å². The highest BCUT2D eigenvalue weighted by Gasteiger charge is 2.53. The number of hydrogen-bond acceptors (Lipinski definition) is 6. The van der Waals surface area contributed by atoms with E-state index < -0.39 is 11.6 Å². The molecule has 1 amide bonds. The Morgan fingerprint density at radius 3 is 2.44 bits per heavy atom. The minimum atomic E-state index is -1.37. The van der Waals surface area contributed by atoms with E-state index in [1.54, 1.807) is 12.1 Å². The molecule has 0 aromatic heterocycles. The Hall–Kier alpha value is -2.92. The van der Waals surface area contributed by atoms with Gasteiger partial charge in [0.15, 0.2) is 11.6 Å². The first-order chi connectivity index (χ1) is 21.8. The molecule has 0 saturated heterocycles. The summed E-state index contributed by atoms with van der Waals surface area (Å²) < 4.78 is 14.1. The van der Waals surface area contributed by atoms with Gasteiger partial charge in [0.25, 0.3) is 5.91 Å². The Bertz CT molecular complexity index is 1650. The van der Waals surface area contributed by atoms with E-state index in [0.717, 1.165) is 25.6 Å². The minimum absolute atomic E-state index is 0.0611. The van der Waals surface area contributed by atoms with Gasteiger partial charge in [-0.15, -0.1) is 0 Å². The number of benzene rings is 4. The normalized spacial score (nSPS) is 17.4. The third-order valence-corrected chi connectivity index (χ3v) is 9.25. The number of nitrogens with zero attached hydrogens (tertiary/aromatic N) is 1. The molecule has 7 nitrogen and oxygen atoms in total. The summed E-state index contributed by atoms with van der Waals surface area (Å²) in [4.78, 5) is 19.4. The van der Waals surface area contributed by atoms with E-state index in [4.69, 9.17) is 42.8 Å². The maximum absolute atomic E-state index is 14.4. The highest BCUT2D eigenvalue weighted by Crippen LogP contribution is 2.43. The molecule has 0 unspecified atom stereocenters. The number of aliphatic hydroxyl groups excluding tert-OH is 1. The lowest BCUT2D eigenvalue weighted by atomic mass is 9.82. The zero-order valence-electron chi connectivity index (χ0n) is 24.1. The molecule has 0 bridgehead atoms. The Balaban J connectivity index is 1.47. The van der Waals surface area contributed by atoms with Crippen molar-refractivity contribution in [1.29, 1.82) is 0 Å². The van der Waals surface area contributed by atoms with Gasteiger partial charge >= 0.3 is 0 Å². The molecule has 4 aromatic rings. The molecule has 2 atom stereocenters. The van der Waals surface area contributed by atoms with Crippen molar-refractivity contribution < 1.29 is 19.4 Å². The number of aliphatic imine (C=N–C) groups is 1. The summed E-state index contributed by atoms with van der Waals surface area (Å²) in [6, 6.07) is 28.2. The molecule has 5 rings (SSSR count). The lowest BCUT2D eigenvalue weighted by Crippen LogP contribution is -2.54. The fourth-order valence-electron chi connectivity index (χ4n) is 5.02. The van der Waals surface area contributed by atoms with E-state index in [2.05, 4.69) is 42.7 Å². The van der Waals surface area contributed by atoms with Gasteiger partial charge in [0.2, 0.25) is 5.90 Å². The molecule has 0 aliphatic carbocycles. The molecule has 0 saturated carbocycles. The number of aliphatic hydroxyl groups is 1. The summed E-state index contributed by atoms with van der Waals surface area (Å²) in [6.07, 6.45) is 0.638. The summed E-state index contributed by atoms with van der Waals surface area (Å²) in [5.74, 6) is 0.671. The fourth-order valence-corrected chi connectivity index (χ4v) is 6.22. The van der Waals surface area contributed by atoms with Gasteiger partial charge in [-0.05, 0) is 77.7 Å². The largest absolute Gasteiger partial charge is 0.494 e. The molecular formula is C34H31Br2Cl2N3O4. The van der Waals surface area contributed by atoms with Gasteiger partial charge in [-0.25, -0.2) is 10.4 Å². The maximum atomic E-state index is 14.4. The average molecular weight is 776 g/mol. The predicted octanol–water partition coefficient (Wildman–Crippen LogP) is 7.64. The standard InChI is InChI=1S/C34H31Br2Cl2N3O4/c35-26-11-6-23(7-12-26)31-34(21-25-4-1-2-5-29(25)36,33(43)41-39-17-16-22-8-13-27(37)20-30(22)38)40-32(45-31)24-9-14-28(15-10-24)44-19-3-18-42/h1-2,4-15,20,31,39,42H,3,16-19,21H2,(H,41,43)/t31-,34-/m0/s1. The van der Waals surface area contributed by atoms with Crippen LogP contribution in [0.1, 0.15) is 34.8 Å². The van der Waals surface area contributed by atoms with Crippen LogP contribution in [0.4, 0.5) is 0 Å². The van der Waals surface area contributed by atoms with Gasteiger partial charge in [0.1, 0.15) is 5.75 Å². The van der Waals surface area contributed by atoms with Crippen molar-refractivity contribution >= 4 is 66.9 Å². The van der Waals surface area contributed by atoms with Crippen LogP contribution in [0.5, 0.6) is 5.75 Å². The highest BCUT2D eigenvalue weighted by atomic mass is 79.9. The molecular weight excluding hydrogens is 745 g/mol. The molecule has 1 aliphatic rings. The highest BCUT2D eigenvalue weighted by molar-refractivity contribution is 9.10. The third kappa shape index (κ3) is 8.27. The Morgan fingerprint density at radius 1 is 0.978 bits per heavy atom. The van der Waals surface area contributed by atoms with Gasteiger partial charge in [-0.3, -0.25) is 10.2 Å². The zero-order chi connectivity index (χ0) is 31.8. The molecule has 0 fully saturated rings.